The molecule has 0 aromatic heterocycles. The third-order valence-corrected chi connectivity index (χ3v) is 5.86. The van der Waals surface area contributed by atoms with Gasteiger partial charge in [-0.3, -0.25) is 9.80 Å². The van der Waals surface area contributed by atoms with Crippen LogP contribution in [0, 0.1) is 20.8 Å². The second-order valence-electron chi connectivity index (χ2n) is 7.44. The van der Waals surface area contributed by atoms with Gasteiger partial charge >= 0.3 is 0 Å². The number of rotatable bonds is 1. The number of aliphatic hydroxyl groups is 1. The van der Waals surface area contributed by atoms with E-state index < -0.39 is 5.54 Å². The Labute approximate surface area is 144 Å². The molecule has 4 nitrogen and oxygen atoms in total. The van der Waals surface area contributed by atoms with Gasteiger partial charge in [-0.1, -0.05) is 37.0 Å². The van der Waals surface area contributed by atoms with Crippen molar-refractivity contribution in [2.45, 2.75) is 58.4 Å². The molecule has 1 aromatic rings. The van der Waals surface area contributed by atoms with Gasteiger partial charge < -0.3 is 5.11 Å². The van der Waals surface area contributed by atoms with E-state index >= 15 is 0 Å². The highest BCUT2D eigenvalue weighted by molar-refractivity contribution is 6.21. The summed E-state index contributed by atoms with van der Waals surface area (Å²) >= 11 is 0. The number of carbonyl (C=O) groups excluding carboxylic acids is 1. The molecule has 0 saturated heterocycles. The minimum absolute atomic E-state index is 0.124. The molecular formula is C20H28N2O2. The molecule has 130 valence electrons. The zero-order valence-corrected chi connectivity index (χ0v) is 15.4. The van der Waals surface area contributed by atoms with Gasteiger partial charge in [0, 0.05) is 14.1 Å². The van der Waals surface area contributed by atoms with E-state index in [0.29, 0.717) is 5.57 Å². The summed E-state index contributed by atoms with van der Waals surface area (Å²) in [5.74, 6) is 0.143. The fraction of sp³-hybridized carbons (Fsp3) is 0.550. The number of benzene rings is 1. The minimum atomic E-state index is -0.444. The molecule has 1 aliphatic carbocycles. The second-order valence-corrected chi connectivity index (χ2v) is 7.44. The van der Waals surface area contributed by atoms with Gasteiger partial charge in [-0.25, -0.2) is 5.01 Å². The Bertz CT molecular complexity index is 691. The Kier molecular flexibility index (Phi) is 4.20. The van der Waals surface area contributed by atoms with Crippen molar-refractivity contribution in [3.63, 3.8) is 0 Å². The number of aliphatic hydroxyl groups excluding tert-OH is 1. The summed E-state index contributed by atoms with van der Waals surface area (Å²) in [6.07, 6.45) is 5.13. The lowest BCUT2D eigenvalue weighted by Crippen LogP contribution is -2.61. The summed E-state index contributed by atoms with van der Waals surface area (Å²) in [6.45, 7) is 6.10. The summed E-state index contributed by atoms with van der Waals surface area (Å²) in [5.41, 5.74) is 4.22. The molecule has 3 rings (SSSR count). The van der Waals surface area contributed by atoms with Crippen LogP contribution in [0.2, 0.25) is 0 Å². The molecule has 1 saturated carbocycles. The van der Waals surface area contributed by atoms with Crippen LogP contribution >= 0.6 is 0 Å². The van der Waals surface area contributed by atoms with Crippen LogP contribution in [0.3, 0.4) is 0 Å². The Morgan fingerprint density at radius 3 is 2.08 bits per heavy atom. The van der Waals surface area contributed by atoms with Crippen molar-refractivity contribution in [1.29, 1.82) is 0 Å². The monoisotopic (exact) mass is 328 g/mol. The van der Waals surface area contributed by atoms with Crippen LogP contribution in [0.1, 0.15) is 54.4 Å². The van der Waals surface area contributed by atoms with E-state index in [1.165, 1.54) is 12.0 Å². The summed E-state index contributed by atoms with van der Waals surface area (Å²) in [5, 5.41) is 14.9. The Balaban J connectivity index is 2.26. The third kappa shape index (κ3) is 2.35. The van der Waals surface area contributed by atoms with Gasteiger partial charge in [0.2, 0.25) is 0 Å². The summed E-state index contributed by atoms with van der Waals surface area (Å²) in [4.78, 5) is 13.0. The van der Waals surface area contributed by atoms with Gasteiger partial charge in [-0.2, -0.15) is 0 Å². The second kappa shape index (κ2) is 5.92. The zero-order valence-electron chi connectivity index (χ0n) is 15.4. The maximum absolute atomic E-state index is 13.0. The first-order chi connectivity index (χ1) is 11.3. The van der Waals surface area contributed by atoms with Gasteiger partial charge in [0.05, 0.1) is 11.1 Å². The van der Waals surface area contributed by atoms with Crippen molar-refractivity contribution >= 4 is 11.5 Å². The predicted molar refractivity (Wildman–Crippen MR) is 96.6 cm³/mol. The molecule has 0 unspecified atom stereocenters. The van der Waals surface area contributed by atoms with E-state index in [4.69, 9.17) is 0 Å². The Hall–Kier alpha value is -1.81. The average Bonchev–Trinajstić information content (AvgIpc) is 2.55. The van der Waals surface area contributed by atoms with Crippen molar-refractivity contribution in [3.8, 4) is 0 Å². The molecule has 1 fully saturated rings. The van der Waals surface area contributed by atoms with Gasteiger partial charge in [0.25, 0.3) is 5.91 Å². The normalized spacial score (nSPS) is 21.7. The highest BCUT2D eigenvalue weighted by Gasteiger charge is 2.49. The Morgan fingerprint density at radius 1 is 1.00 bits per heavy atom. The molecule has 0 radical (unpaired) electrons. The molecule has 1 amide bonds. The minimum Gasteiger partial charge on any atom is -0.509 e. The van der Waals surface area contributed by atoms with E-state index in [2.05, 4.69) is 19.1 Å². The average molecular weight is 328 g/mol. The molecule has 4 heteroatoms. The van der Waals surface area contributed by atoms with Gasteiger partial charge in [-0.05, 0) is 50.3 Å². The van der Waals surface area contributed by atoms with Crippen LogP contribution in [0.25, 0.3) is 5.57 Å². The largest absolute Gasteiger partial charge is 0.509 e. The molecule has 1 aliphatic heterocycles. The third-order valence-electron chi connectivity index (χ3n) is 5.86. The lowest BCUT2D eigenvalue weighted by molar-refractivity contribution is -0.154. The molecule has 0 bridgehead atoms. The molecule has 1 aromatic carbocycles. The molecule has 1 N–H and O–H groups in total. The fourth-order valence-electron chi connectivity index (χ4n) is 4.57. The summed E-state index contributed by atoms with van der Waals surface area (Å²) < 4.78 is 0. The van der Waals surface area contributed by atoms with E-state index in [-0.39, 0.29) is 11.7 Å². The quantitative estimate of drug-likeness (QED) is 0.850. The standard InChI is InChI=1S/C20H28N2O2/c1-13-11-14(2)16(15(3)12-13)17-18(23)20(9-7-6-8-10-20)22(5)21(4)19(17)24/h11-12,23H,6-10H2,1-5H3. The van der Waals surface area contributed by atoms with E-state index in [1.54, 1.807) is 5.01 Å². The van der Waals surface area contributed by atoms with Crippen molar-refractivity contribution < 1.29 is 9.90 Å². The van der Waals surface area contributed by atoms with Crippen LogP contribution in [0.5, 0.6) is 0 Å². The summed E-state index contributed by atoms with van der Waals surface area (Å²) in [6, 6.07) is 4.17. The number of hydrogen-bond acceptors (Lipinski definition) is 3. The topological polar surface area (TPSA) is 43.8 Å². The highest BCUT2D eigenvalue weighted by Crippen LogP contribution is 2.45. The van der Waals surface area contributed by atoms with Gasteiger partial charge in [-0.15, -0.1) is 0 Å². The highest BCUT2D eigenvalue weighted by atomic mass is 16.3. The number of likely N-dealkylation sites (N-methyl/N-ethyl adjacent to an activating group) is 2. The number of nitrogens with zero attached hydrogens (tertiary/aromatic N) is 2. The molecule has 0 atom stereocenters. The SMILES string of the molecule is Cc1cc(C)c(C2=C(O)C3(CCCCC3)N(C)N(C)C2=O)c(C)c1. The number of hydrazine groups is 1. The smallest absolute Gasteiger partial charge is 0.272 e. The van der Waals surface area contributed by atoms with E-state index in [0.717, 1.165) is 42.4 Å². The number of amides is 1. The Morgan fingerprint density at radius 2 is 1.54 bits per heavy atom. The van der Waals surface area contributed by atoms with Crippen LogP contribution in [0.4, 0.5) is 0 Å². The summed E-state index contributed by atoms with van der Waals surface area (Å²) in [7, 11) is 3.73. The van der Waals surface area contributed by atoms with Gasteiger partial charge in [0.1, 0.15) is 5.76 Å². The van der Waals surface area contributed by atoms with Crippen molar-refractivity contribution in [2.24, 2.45) is 0 Å². The first kappa shape index (κ1) is 17.0. The first-order valence-corrected chi connectivity index (χ1v) is 8.83. The predicted octanol–water partition coefficient (Wildman–Crippen LogP) is 3.90. The van der Waals surface area contributed by atoms with Crippen molar-refractivity contribution in [2.75, 3.05) is 14.1 Å². The molecule has 1 heterocycles. The molecule has 24 heavy (non-hydrogen) atoms. The van der Waals surface area contributed by atoms with Crippen molar-refractivity contribution in [1.82, 2.24) is 10.0 Å². The van der Waals surface area contributed by atoms with E-state index in [9.17, 15) is 9.90 Å². The molecular weight excluding hydrogens is 300 g/mol. The zero-order chi connectivity index (χ0) is 17.6. The fourth-order valence-corrected chi connectivity index (χ4v) is 4.57. The van der Waals surface area contributed by atoms with Crippen LogP contribution < -0.4 is 0 Å². The maximum Gasteiger partial charge on any atom is 0.272 e. The lowest BCUT2D eigenvalue weighted by atomic mass is 9.75. The number of aryl methyl sites for hydroxylation is 3. The van der Waals surface area contributed by atoms with Gasteiger partial charge in [0.15, 0.2) is 0 Å². The number of hydrogen-bond donors (Lipinski definition) is 1. The molecule has 2 aliphatic rings. The van der Waals surface area contributed by atoms with Crippen LogP contribution in [-0.4, -0.2) is 40.7 Å². The van der Waals surface area contributed by atoms with E-state index in [1.807, 2.05) is 33.0 Å². The maximum atomic E-state index is 13.0. The molecule has 1 spiro atoms. The number of carbonyl (C=O) groups is 1. The first-order valence-electron chi connectivity index (χ1n) is 8.83. The van der Waals surface area contributed by atoms with Crippen LogP contribution in [-0.2, 0) is 4.79 Å². The van der Waals surface area contributed by atoms with Crippen molar-refractivity contribution in [3.05, 3.63) is 40.1 Å². The van der Waals surface area contributed by atoms with Crippen LogP contribution in [0.15, 0.2) is 17.9 Å². The lowest BCUT2D eigenvalue weighted by Gasteiger charge is -2.51.